The first-order chi connectivity index (χ1) is 8.75. The predicted octanol–water partition coefficient (Wildman–Crippen LogP) is 4.53. The number of aryl methyl sites for hydroxylation is 2. The fourth-order valence-corrected chi connectivity index (χ4v) is 1.49. The number of ether oxygens (including phenoxy) is 1. The third kappa shape index (κ3) is 4.91. The number of hydrogen-bond donors (Lipinski definition) is 0. The van der Waals surface area contributed by atoms with E-state index in [0.717, 1.165) is 11.3 Å². The molecule has 0 unspecified atom stereocenters. The van der Waals surface area contributed by atoms with Gasteiger partial charge in [-0.25, -0.2) is 0 Å². The first kappa shape index (κ1) is 15.4. The fourth-order valence-electron chi connectivity index (χ4n) is 1.49. The summed E-state index contributed by atoms with van der Waals surface area (Å²) in [4.78, 5) is 0. The zero-order chi connectivity index (χ0) is 13.4. The summed E-state index contributed by atoms with van der Waals surface area (Å²) in [7, 11) is 0. The van der Waals surface area contributed by atoms with Crippen LogP contribution in [-0.2, 0) is 22.9 Å². The first-order valence-electron chi connectivity index (χ1n) is 5.68. The summed E-state index contributed by atoms with van der Waals surface area (Å²) in [5.41, 5.74) is 3.62. The van der Waals surface area contributed by atoms with Gasteiger partial charge in [0, 0.05) is 0 Å². The van der Waals surface area contributed by atoms with E-state index in [1.807, 2.05) is 30.3 Å². The maximum atomic E-state index is 5.70. The molecule has 0 aliphatic carbocycles. The van der Waals surface area contributed by atoms with Gasteiger partial charge in [-0.1, -0.05) is 6.07 Å². The molecular formula is C15H15BrOZn. The Labute approximate surface area is 126 Å². The molecule has 0 fully saturated rings. The summed E-state index contributed by atoms with van der Waals surface area (Å²) >= 11 is 4.25. The van der Waals surface area contributed by atoms with E-state index in [-0.39, 0.29) is 0 Å². The van der Waals surface area contributed by atoms with E-state index in [1.165, 1.54) is 27.5 Å². The van der Waals surface area contributed by atoms with Crippen molar-refractivity contribution in [2.75, 3.05) is 0 Å². The van der Waals surface area contributed by atoms with Gasteiger partial charge in [-0.2, -0.15) is 30.3 Å². The van der Waals surface area contributed by atoms with Crippen LogP contribution >= 0.6 is 13.6 Å². The van der Waals surface area contributed by atoms with E-state index < -0.39 is 0 Å². The Hall–Kier alpha value is -0.657. The molecule has 3 heteroatoms. The van der Waals surface area contributed by atoms with Crippen molar-refractivity contribution in [3.63, 3.8) is 0 Å². The van der Waals surface area contributed by atoms with E-state index in [9.17, 15) is 0 Å². The summed E-state index contributed by atoms with van der Waals surface area (Å²) in [6, 6.07) is 17.2. The molecule has 0 bridgehead atoms. The van der Waals surface area contributed by atoms with Crippen LogP contribution in [0.15, 0.2) is 42.5 Å². The van der Waals surface area contributed by atoms with Crippen LogP contribution in [0.1, 0.15) is 16.7 Å². The average molecular weight is 357 g/mol. The molecule has 18 heavy (non-hydrogen) atoms. The second-order valence-electron chi connectivity index (χ2n) is 3.92. The molecule has 0 aliphatic rings. The zero-order valence-electron chi connectivity index (χ0n) is 10.7. The summed E-state index contributed by atoms with van der Waals surface area (Å²) in [5.74, 6) is 0.917. The molecule has 0 atom stereocenters. The van der Waals surface area contributed by atoms with Gasteiger partial charge in [-0.05, 0) is 37.1 Å². The van der Waals surface area contributed by atoms with Crippen LogP contribution in [0.25, 0.3) is 0 Å². The Kier molecular flexibility index (Phi) is 7.23. The number of halogens is 1. The Balaban J connectivity index is 0.000000771. The molecule has 2 aromatic rings. The molecule has 2 aromatic carbocycles. The first-order valence-corrected chi connectivity index (χ1v) is 12.6. The molecule has 2 rings (SSSR count). The van der Waals surface area contributed by atoms with Crippen LogP contribution in [0.2, 0.25) is 0 Å². The maximum absolute atomic E-state index is 5.70. The molecule has 0 spiro atoms. The molecule has 0 saturated heterocycles. The normalized spacial score (nSPS) is 9.39. The van der Waals surface area contributed by atoms with E-state index in [1.54, 1.807) is 0 Å². The predicted molar refractivity (Wildman–Crippen MR) is 74.5 cm³/mol. The Bertz CT molecular complexity index is 471. The molecule has 0 heterocycles. The Morgan fingerprint density at radius 1 is 1.11 bits per heavy atom. The van der Waals surface area contributed by atoms with Crippen molar-refractivity contribution >= 4 is 13.6 Å². The minimum absolute atomic E-state index is 0.573. The van der Waals surface area contributed by atoms with Gasteiger partial charge in [0.25, 0.3) is 0 Å². The molecule has 0 aromatic heterocycles. The molecule has 90 valence electrons. The van der Waals surface area contributed by atoms with Crippen LogP contribution in [0, 0.1) is 19.9 Å². The van der Waals surface area contributed by atoms with E-state index in [2.05, 4.69) is 45.7 Å². The summed E-state index contributed by atoms with van der Waals surface area (Å²) < 4.78 is 5.70. The van der Waals surface area contributed by atoms with Crippen molar-refractivity contribution in [3.05, 3.63) is 65.2 Å². The van der Waals surface area contributed by atoms with Gasteiger partial charge in [0.2, 0.25) is 0 Å². The van der Waals surface area contributed by atoms with Crippen molar-refractivity contribution in [2.45, 2.75) is 20.5 Å². The second-order valence-corrected chi connectivity index (χ2v) is 3.92. The van der Waals surface area contributed by atoms with E-state index in [0.29, 0.717) is 6.61 Å². The minimum atomic E-state index is 0.573. The van der Waals surface area contributed by atoms with Gasteiger partial charge >= 0.3 is 30.0 Å². The van der Waals surface area contributed by atoms with E-state index >= 15 is 0 Å². The molecule has 0 N–H and O–H groups in total. The molecule has 1 nitrogen and oxygen atoms in total. The van der Waals surface area contributed by atoms with Crippen molar-refractivity contribution in [2.24, 2.45) is 0 Å². The average Bonchev–Trinajstić information content (AvgIpc) is 2.44. The quantitative estimate of drug-likeness (QED) is 0.580. The number of hydrogen-bond acceptors (Lipinski definition) is 1. The van der Waals surface area contributed by atoms with Gasteiger partial charge in [-0.15, -0.1) is 5.56 Å². The molecule has 0 aliphatic heterocycles. The summed E-state index contributed by atoms with van der Waals surface area (Å²) in [6.07, 6.45) is 0. The van der Waals surface area contributed by atoms with Crippen molar-refractivity contribution < 1.29 is 21.1 Å². The van der Waals surface area contributed by atoms with Gasteiger partial charge in [0.05, 0.1) is 6.61 Å². The summed E-state index contributed by atoms with van der Waals surface area (Å²) in [5, 5.41) is 0. The van der Waals surface area contributed by atoms with Crippen LogP contribution in [-0.4, -0.2) is 0 Å². The summed E-state index contributed by atoms with van der Waals surface area (Å²) in [6.45, 7) is 4.77. The van der Waals surface area contributed by atoms with Crippen LogP contribution < -0.4 is 4.74 Å². The molecule has 0 radical (unpaired) electrons. The molecule has 0 saturated carbocycles. The van der Waals surface area contributed by atoms with Crippen LogP contribution in [0.3, 0.4) is 0 Å². The van der Waals surface area contributed by atoms with Gasteiger partial charge in [-0.3, -0.25) is 0 Å². The third-order valence-corrected chi connectivity index (χ3v) is 2.65. The van der Waals surface area contributed by atoms with Gasteiger partial charge in [0.15, 0.2) is 0 Å². The Morgan fingerprint density at radius 3 is 2.50 bits per heavy atom. The number of rotatable bonds is 3. The molecule has 0 amide bonds. The van der Waals surface area contributed by atoms with Crippen molar-refractivity contribution in [1.82, 2.24) is 0 Å². The van der Waals surface area contributed by atoms with Gasteiger partial charge in [0.1, 0.15) is 5.75 Å². The topological polar surface area (TPSA) is 9.23 Å². The monoisotopic (exact) mass is 354 g/mol. The van der Waals surface area contributed by atoms with E-state index in [4.69, 9.17) is 4.74 Å². The number of benzene rings is 2. The molecular weight excluding hydrogens is 341 g/mol. The standard InChI is InChI=1S/C15H15O.BrH.Zn/c1-12-8-9-15(10-13(12)2)16-11-14-6-4-3-5-7-14;;/h3-6,8-10H,11H2,1-2H3;1H;/q-1;;+2/p-1. The second kappa shape index (κ2) is 8.45. The van der Waals surface area contributed by atoms with Crippen LogP contribution in [0.4, 0.5) is 0 Å². The van der Waals surface area contributed by atoms with Crippen LogP contribution in [0.5, 0.6) is 5.75 Å². The fraction of sp³-hybridized carbons (Fsp3) is 0.200. The van der Waals surface area contributed by atoms with Gasteiger partial charge < -0.3 is 4.74 Å². The Morgan fingerprint density at radius 2 is 1.89 bits per heavy atom. The SMILES string of the molecule is Cc1ccc(OCc2[c-]cccc2)cc1C.[Zn+][Br]. The zero-order valence-corrected chi connectivity index (χ0v) is 15.3. The van der Waals surface area contributed by atoms with Crippen molar-refractivity contribution in [1.29, 1.82) is 0 Å². The third-order valence-electron chi connectivity index (χ3n) is 2.65. The van der Waals surface area contributed by atoms with Crippen molar-refractivity contribution in [3.8, 4) is 5.75 Å².